The highest BCUT2D eigenvalue weighted by Crippen LogP contribution is 2.59. The van der Waals surface area contributed by atoms with Crippen LogP contribution in [0.1, 0.15) is 107 Å². The number of phenolic OH excluding ortho intramolecular Hbond substituents is 1. The summed E-state index contributed by atoms with van der Waals surface area (Å²) in [5, 5.41) is 34.4. The molecule has 6 atom stereocenters. The van der Waals surface area contributed by atoms with Crippen molar-refractivity contribution in [3.8, 4) is 34.0 Å². The minimum atomic E-state index is -1.13. The average Bonchev–Trinajstić information content (AvgIpc) is 4.23. The van der Waals surface area contributed by atoms with Gasteiger partial charge in [-0.2, -0.15) is 0 Å². The number of piperidine rings is 1. The van der Waals surface area contributed by atoms with E-state index < -0.39 is 23.8 Å². The molecule has 20 heteroatoms. The average molecular weight is 1090 g/mol. The van der Waals surface area contributed by atoms with Crippen LogP contribution in [0.15, 0.2) is 101 Å². The number of nitrogen functional groups attached to an aromatic ring is 1. The molecule has 3 aromatic heterocycles. The Balaban J connectivity index is 0.581. The lowest BCUT2D eigenvalue weighted by molar-refractivity contribution is -0.134. The summed E-state index contributed by atoms with van der Waals surface area (Å²) in [6.07, 6.45) is 11.9. The Labute approximate surface area is 463 Å². The van der Waals surface area contributed by atoms with E-state index in [-0.39, 0.29) is 76.6 Å². The predicted molar refractivity (Wildman–Crippen MR) is 296 cm³/mol. The van der Waals surface area contributed by atoms with Crippen LogP contribution in [0.5, 0.6) is 11.6 Å². The number of likely N-dealkylation sites (tertiary alicyclic amines) is 2. The molecule has 5 aliphatic heterocycles. The number of amidine groups is 1. The number of nitrogens with two attached hydrogens (primary N) is 1. The molecule has 13 rings (SSSR count). The second-order valence-electron chi connectivity index (χ2n) is 23.6. The number of carbonyl (C=O) groups is 1. The zero-order valence-corrected chi connectivity index (χ0v) is 45.3. The number of ether oxygens (including phenoxy) is 1. The summed E-state index contributed by atoms with van der Waals surface area (Å²) in [5.74, 6) is 1.03. The molecule has 1 spiro atoms. The Morgan fingerprint density at radius 2 is 1.59 bits per heavy atom. The molecule has 7 aliphatic rings. The molecule has 79 heavy (non-hydrogen) atoms. The number of hydroxylamine groups is 1. The number of nitrogens with zero attached hydrogens (tertiary/aromatic N) is 10. The SMILES string of the molecule is CC(C)[C@@H](C(=O)N1C[C@H](O)C[C@H]1C1=N[C@](C)(c2ccc(-c3ccccc3F)cc2)ON1)c1onc(OC2CC3(C2)CC(N2CCC(c4cnc(N5C6CCC5CN(c5cc(-c7ccccc7O)nnc5N)C6)nc4)CC2)C3)c1Cl. The fourth-order valence-corrected chi connectivity index (χ4v) is 14.2. The number of phenols is 1. The molecule has 6 aromatic rings. The number of aromatic nitrogens is 5. The summed E-state index contributed by atoms with van der Waals surface area (Å²) in [6, 6.07) is 23.5. The Morgan fingerprint density at radius 1 is 0.899 bits per heavy atom. The molecule has 18 nitrogen and oxygen atoms in total. The number of aliphatic hydroxyl groups is 1. The van der Waals surface area contributed by atoms with E-state index in [9.17, 15) is 19.4 Å². The molecule has 2 saturated carbocycles. The van der Waals surface area contributed by atoms with Crippen molar-refractivity contribution in [2.45, 2.75) is 132 Å². The van der Waals surface area contributed by atoms with Crippen LogP contribution in [0.25, 0.3) is 22.4 Å². The van der Waals surface area contributed by atoms with Gasteiger partial charge in [0.15, 0.2) is 11.6 Å². The molecular weight excluding hydrogens is 1030 g/mol. The zero-order chi connectivity index (χ0) is 54.3. The minimum absolute atomic E-state index is 0.0474. The first kappa shape index (κ1) is 51.5. The number of aliphatic hydroxyl groups excluding tert-OH is 1. The number of halogens is 2. The van der Waals surface area contributed by atoms with Gasteiger partial charge in [-0.25, -0.2) is 29.7 Å². The van der Waals surface area contributed by atoms with Crippen LogP contribution in [0.4, 0.5) is 21.8 Å². The number of para-hydroxylation sites is 1. The van der Waals surface area contributed by atoms with E-state index in [1.54, 1.807) is 35.2 Å². The number of β-amino-alcohol motifs (C(OH)–C–C–N with tert-alkyl or cyclic N) is 1. The molecule has 4 saturated heterocycles. The first-order valence-corrected chi connectivity index (χ1v) is 28.3. The third kappa shape index (κ3) is 9.48. The lowest BCUT2D eigenvalue weighted by Crippen LogP contribution is -2.59. The van der Waals surface area contributed by atoms with Gasteiger partial charge >= 0.3 is 0 Å². The minimum Gasteiger partial charge on any atom is -0.507 e. The number of benzene rings is 3. The third-order valence-electron chi connectivity index (χ3n) is 18.2. The predicted octanol–water partition coefficient (Wildman–Crippen LogP) is 8.60. The molecule has 3 aromatic carbocycles. The van der Waals surface area contributed by atoms with Gasteiger partial charge in [0.1, 0.15) is 34.4 Å². The van der Waals surface area contributed by atoms with Gasteiger partial charge in [0.2, 0.25) is 17.6 Å². The van der Waals surface area contributed by atoms with Crippen molar-refractivity contribution in [1.29, 1.82) is 0 Å². The summed E-state index contributed by atoms with van der Waals surface area (Å²) < 4.78 is 26.8. The smallest absolute Gasteiger partial charge is 0.273 e. The second-order valence-corrected chi connectivity index (χ2v) is 24.0. The number of aliphatic imine (C=N–C) groups is 1. The molecule has 6 fully saturated rings. The number of aromatic hydroxyl groups is 1. The van der Waals surface area contributed by atoms with Gasteiger partial charge in [-0.3, -0.25) is 4.79 Å². The van der Waals surface area contributed by atoms with Crippen molar-refractivity contribution in [2.75, 3.05) is 48.3 Å². The first-order valence-electron chi connectivity index (χ1n) is 27.9. The third-order valence-corrected chi connectivity index (χ3v) is 18.5. The molecule has 0 radical (unpaired) electrons. The highest BCUT2D eigenvalue weighted by Gasteiger charge is 2.56. The van der Waals surface area contributed by atoms with E-state index in [0.29, 0.717) is 40.4 Å². The second kappa shape index (κ2) is 20.3. The van der Waals surface area contributed by atoms with Crippen LogP contribution in [-0.2, 0) is 15.4 Å². The fraction of sp³-hybridized carbons (Fsp3) is 0.475. The molecule has 2 unspecified atom stereocenters. The lowest BCUT2D eigenvalue weighted by Gasteiger charge is -2.60. The monoisotopic (exact) mass is 1090 g/mol. The summed E-state index contributed by atoms with van der Waals surface area (Å²) >= 11 is 6.99. The number of fused-ring (bicyclic) bond motifs is 2. The Hall–Kier alpha value is -6.93. The van der Waals surface area contributed by atoms with Gasteiger partial charge in [-0.05, 0) is 129 Å². The summed E-state index contributed by atoms with van der Waals surface area (Å²) in [7, 11) is 0. The number of carbonyl (C=O) groups excluding carboxylic acids is 1. The van der Waals surface area contributed by atoms with Gasteiger partial charge in [0.25, 0.3) is 5.88 Å². The van der Waals surface area contributed by atoms with Gasteiger partial charge < -0.3 is 44.8 Å². The van der Waals surface area contributed by atoms with Crippen LogP contribution >= 0.6 is 11.6 Å². The van der Waals surface area contributed by atoms with E-state index >= 15 is 0 Å². The van der Waals surface area contributed by atoms with Crippen molar-refractivity contribution in [2.24, 2.45) is 16.3 Å². The Bertz CT molecular complexity index is 3260. The lowest BCUT2D eigenvalue weighted by atomic mass is 9.52. The molecule has 2 aliphatic carbocycles. The largest absolute Gasteiger partial charge is 0.507 e. The molecular formula is C59H66ClFN12O6. The summed E-state index contributed by atoms with van der Waals surface area (Å²) in [5.41, 5.74) is 13.7. The van der Waals surface area contributed by atoms with E-state index in [1.807, 2.05) is 63.2 Å². The van der Waals surface area contributed by atoms with Crippen LogP contribution in [0, 0.1) is 17.2 Å². The van der Waals surface area contributed by atoms with Gasteiger partial charge in [0.05, 0.1) is 23.5 Å². The van der Waals surface area contributed by atoms with Crippen LogP contribution in [0.2, 0.25) is 5.02 Å². The summed E-state index contributed by atoms with van der Waals surface area (Å²) in [4.78, 5) is 44.5. The Morgan fingerprint density at radius 3 is 2.29 bits per heavy atom. The quantitative estimate of drug-likeness (QED) is 0.0851. The van der Waals surface area contributed by atoms with Crippen molar-refractivity contribution >= 4 is 40.8 Å². The molecule has 8 heterocycles. The number of nitrogens with one attached hydrogen (secondary N) is 1. The van der Waals surface area contributed by atoms with Crippen molar-refractivity contribution < 1.29 is 33.5 Å². The summed E-state index contributed by atoms with van der Waals surface area (Å²) in [6.45, 7) is 9.42. The van der Waals surface area contributed by atoms with E-state index in [1.165, 1.54) is 11.6 Å². The van der Waals surface area contributed by atoms with E-state index in [0.717, 1.165) is 100 Å². The molecule has 412 valence electrons. The van der Waals surface area contributed by atoms with E-state index in [2.05, 4.69) is 47.9 Å². The number of amides is 1. The maximum absolute atomic E-state index is 14.6. The van der Waals surface area contributed by atoms with E-state index in [4.69, 9.17) is 46.4 Å². The molecule has 2 bridgehead atoms. The number of rotatable bonds is 13. The normalized spacial score (nSPS) is 28.2. The molecule has 1 amide bonds. The highest BCUT2D eigenvalue weighted by molar-refractivity contribution is 6.32. The Kier molecular flexibility index (Phi) is 13.2. The number of hydrogen-bond donors (Lipinski definition) is 4. The zero-order valence-electron chi connectivity index (χ0n) is 44.6. The fourth-order valence-electron chi connectivity index (χ4n) is 13.9. The number of anilines is 3. The maximum Gasteiger partial charge on any atom is 0.273 e. The van der Waals surface area contributed by atoms with Gasteiger partial charge in [0, 0.05) is 73.3 Å². The number of hydrogen-bond acceptors (Lipinski definition) is 17. The number of piperazine rings is 1. The first-order chi connectivity index (χ1) is 38.2. The van der Waals surface area contributed by atoms with Gasteiger partial charge in [-0.15, -0.1) is 10.2 Å². The van der Waals surface area contributed by atoms with Crippen molar-refractivity contribution in [3.63, 3.8) is 0 Å². The molecule has 5 N–H and O–H groups in total. The van der Waals surface area contributed by atoms with Crippen LogP contribution in [0.3, 0.4) is 0 Å². The highest BCUT2D eigenvalue weighted by atomic mass is 35.5. The van der Waals surface area contributed by atoms with Crippen LogP contribution in [-0.4, -0.2) is 126 Å². The maximum atomic E-state index is 14.6. The van der Waals surface area contributed by atoms with Gasteiger partial charge in [-0.1, -0.05) is 80.0 Å². The van der Waals surface area contributed by atoms with Crippen LogP contribution < -0.4 is 25.8 Å². The van der Waals surface area contributed by atoms with Crippen molar-refractivity contribution in [3.05, 3.63) is 119 Å². The standard InChI is InChI=1S/C59H66ClFN12O6/c1-33(2)50(56(76)72-32-41(74)22-48(72)54-65-58(3,79-68-54)37-14-12-35(13-15-37)43-8-4-6-10-45(43)61)52-51(60)55(69-78-52)77-42-26-59(27-42)24-40(25-59)70-20-18-34(19-21-70)36-28-63-57(64-29-36)73-38-16-17-39(73)31-71(30-38)47-23-46(66-67-53(47)62)44-9-5-7-11-49(44)75/h4-15,23,28-29,33-34,38-42,48,50,74-75H,16-22,24-27,30-32H2,1-3H3,(H2,62,67)(H,65,68)/t38?,39?,40?,41-,42?,48+,50-,58+,59?/m1/s1. The topological polar surface area (TPSA) is 217 Å². The van der Waals surface area contributed by atoms with Crippen molar-refractivity contribution in [1.82, 2.24) is 40.6 Å².